The Labute approximate surface area is 249 Å². The van der Waals surface area contributed by atoms with Gasteiger partial charge in [-0.3, -0.25) is 29.3 Å². The Hall–Kier alpha value is -3.94. The van der Waals surface area contributed by atoms with E-state index in [0.29, 0.717) is 0 Å². The van der Waals surface area contributed by atoms with E-state index >= 15 is 0 Å². The average Bonchev–Trinajstić information content (AvgIpc) is 2.94. The smallest absolute Gasteiger partial charge is 0.303 e. The van der Waals surface area contributed by atoms with E-state index in [0.717, 1.165) is 39.8 Å². The van der Waals surface area contributed by atoms with E-state index in [4.69, 9.17) is 37.9 Å². The maximum atomic E-state index is 12.1. The minimum atomic E-state index is -1.85. The van der Waals surface area contributed by atoms with Gasteiger partial charge >= 0.3 is 23.9 Å². The lowest BCUT2D eigenvalue weighted by Crippen LogP contribution is -2.66. The molecule has 0 aliphatic carbocycles. The van der Waals surface area contributed by atoms with E-state index in [9.17, 15) is 44.6 Å². The summed E-state index contributed by atoms with van der Waals surface area (Å²) in [7, 11) is 0. The van der Waals surface area contributed by atoms with Gasteiger partial charge in [0.05, 0.1) is 11.5 Å². The molecule has 244 valence electrons. The Bertz CT molecular complexity index is 1190. The third kappa shape index (κ3) is 8.80. The van der Waals surface area contributed by atoms with Crippen LogP contribution in [0.25, 0.3) is 0 Å². The first-order valence-electron chi connectivity index (χ1n) is 13.2. The van der Waals surface area contributed by atoms with Crippen LogP contribution >= 0.6 is 0 Å². The van der Waals surface area contributed by atoms with Crippen LogP contribution in [0.4, 0.5) is 5.69 Å². The van der Waals surface area contributed by atoms with Crippen molar-refractivity contribution >= 4 is 29.6 Å². The van der Waals surface area contributed by atoms with Gasteiger partial charge < -0.3 is 53.2 Å². The number of nitro benzene ring substituents is 1. The quantitative estimate of drug-likeness (QED) is 0.113. The molecule has 3 N–H and O–H groups in total. The maximum absolute atomic E-state index is 12.1. The van der Waals surface area contributed by atoms with Crippen LogP contribution in [0.15, 0.2) is 24.3 Å². The number of hydrogen-bond donors (Lipinski definition) is 3. The molecule has 10 atom stereocenters. The Morgan fingerprint density at radius 1 is 0.773 bits per heavy atom. The molecule has 0 saturated carbocycles. The van der Waals surface area contributed by atoms with Crippen molar-refractivity contribution in [3.05, 3.63) is 34.4 Å². The number of esters is 4. The number of nitro groups is 1. The molecule has 3 rings (SSSR count). The summed E-state index contributed by atoms with van der Waals surface area (Å²) in [5, 5.41) is 42.3. The molecule has 2 heterocycles. The third-order valence-electron chi connectivity index (χ3n) is 6.36. The van der Waals surface area contributed by atoms with Crippen molar-refractivity contribution in [2.24, 2.45) is 0 Å². The van der Waals surface area contributed by atoms with Crippen LogP contribution in [0.3, 0.4) is 0 Å². The van der Waals surface area contributed by atoms with E-state index in [1.54, 1.807) is 0 Å². The Morgan fingerprint density at radius 3 is 1.84 bits per heavy atom. The molecule has 0 aromatic heterocycles. The van der Waals surface area contributed by atoms with Crippen molar-refractivity contribution in [2.45, 2.75) is 89.1 Å². The van der Waals surface area contributed by atoms with Gasteiger partial charge in [0.25, 0.3) is 5.69 Å². The molecular formula is C26H33NO17. The van der Waals surface area contributed by atoms with Gasteiger partial charge in [0.15, 0.2) is 30.7 Å². The zero-order chi connectivity index (χ0) is 32.7. The van der Waals surface area contributed by atoms with E-state index < -0.39 is 103 Å². The summed E-state index contributed by atoms with van der Waals surface area (Å²) < 4.78 is 44.2. The number of benzene rings is 1. The first-order chi connectivity index (χ1) is 20.7. The van der Waals surface area contributed by atoms with Crippen LogP contribution in [0, 0.1) is 10.1 Å². The third-order valence-corrected chi connectivity index (χ3v) is 6.36. The van der Waals surface area contributed by atoms with Gasteiger partial charge in [-0.15, -0.1) is 0 Å². The van der Waals surface area contributed by atoms with Gasteiger partial charge in [0.2, 0.25) is 6.29 Å². The Balaban J connectivity index is 2.02. The molecule has 18 heteroatoms. The molecule has 2 aliphatic rings. The lowest BCUT2D eigenvalue weighted by molar-refractivity contribution is -0.384. The zero-order valence-electron chi connectivity index (χ0n) is 24.0. The summed E-state index contributed by atoms with van der Waals surface area (Å²) in [4.78, 5) is 58.1. The molecule has 1 aromatic rings. The molecule has 10 unspecified atom stereocenters. The van der Waals surface area contributed by atoms with Crippen LogP contribution in [0.2, 0.25) is 0 Å². The largest absolute Gasteiger partial charge is 0.463 e. The van der Waals surface area contributed by atoms with Gasteiger partial charge in [-0.05, 0) is 12.1 Å². The monoisotopic (exact) mass is 631 g/mol. The normalized spacial score (nSPS) is 31.7. The van der Waals surface area contributed by atoms with Crippen LogP contribution < -0.4 is 4.74 Å². The number of aliphatic hydroxyl groups excluding tert-OH is 3. The summed E-state index contributed by atoms with van der Waals surface area (Å²) in [6, 6.07) is 4.70. The minimum absolute atomic E-state index is 0.00368. The maximum Gasteiger partial charge on any atom is 0.303 e. The molecule has 2 saturated heterocycles. The highest BCUT2D eigenvalue weighted by Crippen LogP contribution is 2.34. The SMILES string of the molecule is CC(=O)OCC1OC(OC2C(Oc3ccc([N+](=O)[O-])cc3)OC(CO)C(O)C2O)C(OC(C)=O)C(OC(C)=O)C1OC(C)=O. The van der Waals surface area contributed by atoms with E-state index in [1.807, 2.05) is 0 Å². The van der Waals surface area contributed by atoms with Crippen LogP contribution in [-0.4, -0.2) is 119 Å². The fourth-order valence-corrected chi connectivity index (χ4v) is 4.53. The Kier molecular flexibility index (Phi) is 11.9. The van der Waals surface area contributed by atoms with Crippen molar-refractivity contribution in [1.29, 1.82) is 0 Å². The molecule has 0 bridgehead atoms. The molecular weight excluding hydrogens is 598 g/mol. The standard InChI is InChI=1S/C26H33NO17/c1-11(29)37-10-18-21(38-12(2)30)23(39-13(3)31)24(40-14(4)32)26(43-18)44-22-20(34)19(33)17(9-28)42-25(22)41-16-7-5-15(6-8-16)27(35)36/h5-8,17-26,28,33-34H,9-10H2,1-4H3. The summed E-state index contributed by atoms with van der Waals surface area (Å²) >= 11 is 0. The summed E-state index contributed by atoms with van der Waals surface area (Å²) in [6.45, 7) is 2.87. The van der Waals surface area contributed by atoms with Gasteiger partial charge in [0, 0.05) is 39.8 Å². The van der Waals surface area contributed by atoms with Gasteiger partial charge in [-0.2, -0.15) is 0 Å². The number of aliphatic hydroxyl groups is 3. The number of hydrogen-bond acceptors (Lipinski definition) is 17. The molecule has 0 amide bonds. The van der Waals surface area contributed by atoms with Crippen LogP contribution in [-0.2, 0) is 52.3 Å². The predicted octanol–water partition coefficient (Wildman–Crippen LogP) is -1.12. The second-order valence-electron chi connectivity index (χ2n) is 9.74. The fraction of sp³-hybridized carbons (Fsp3) is 0.615. The molecule has 18 nitrogen and oxygen atoms in total. The van der Waals surface area contributed by atoms with Gasteiger partial charge in [-0.1, -0.05) is 0 Å². The highest BCUT2D eigenvalue weighted by atomic mass is 16.8. The van der Waals surface area contributed by atoms with Crippen molar-refractivity contribution in [3.8, 4) is 5.75 Å². The summed E-state index contributed by atoms with van der Waals surface area (Å²) in [6.07, 6.45) is -16.2. The molecule has 44 heavy (non-hydrogen) atoms. The molecule has 2 fully saturated rings. The average molecular weight is 632 g/mol. The molecule has 1 aromatic carbocycles. The topological polar surface area (TPSA) is 246 Å². The lowest BCUT2D eigenvalue weighted by atomic mass is 9.96. The highest BCUT2D eigenvalue weighted by Gasteiger charge is 2.56. The minimum Gasteiger partial charge on any atom is -0.463 e. The number of nitrogens with zero attached hydrogens (tertiary/aromatic N) is 1. The van der Waals surface area contributed by atoms with Crippen molar-refractivity contribution in [1.82, 2.24) is 0 Å². The predicted molar refractivity (Wildman–Crippen MR) is 138 cm³/mol. The van der Waals surface area contributed by atoms with Gasteiger partial charge in [-0.25, -0.2) is 0 Å². The van der Waals surface area contributed by atoms with E-state index in [1.165, 1.54) is 12.1 Å². The van der Waals surface area contributed by atoms with E-state index in [2.05, 4.69) is 0 Å². The second kappa shape index (κ2) is 15.2. The summed E-state index contributed by atoms with van der Waals surface area (Å²) in [5.41, 5.74) is -0.254. The highest BCUT2D eigenvalue weighted by molar-refractivity contribution is 5.68. The van der Waals surface area contributed by atoms with Crippen LogP contribution in [0.5, 0.6) is 5.75 Å². The molecule has 0 radical (unpaired) electrons. The number of carbonyl (C=O) groups is 4. The van der Waals surface area contributed by atoms with Crippen molar-refractivity contribution in [3.63, 3.8) is 0 Å². The van der Waals surface area contributed by atoms with Gasteiger partial charge in [0.1, 0.15) is 36.8 Å². The summed E-state index contributed by atoms with van der Waals surface area (Å²) in [5.74, 6) is -3.40. The number of carbonyl (C=O) groups excluding carboxylic acids is 4. The molecule has 2 aliphatic heterocycles. The zero-order valence-corrected chi connectivity index (χ0v) is 24.0. The fourth-order valence-electron chi connectivity index (χ4n) is 4.53. The number of non-ortho nitro benzene ring substituents is 1. The van der Waals surface area contributed by atoms with Crippen molar-refractivity contribution < 1.29 is 77.3 Å². The second-order valence-corrected chi connectivity index (χ2v) is 9.74. The van der Waals surface area contributed by atoms with Crippen molar-refractivity contribution in [2.75, 3.05) is 13.2 Å². The lowest BCUT2D eigenvalue weighted by Gasteiger charge is -2.47. The Morgan fingerprint density at radius 2 is 1.32 bits per heavy atom. The number of ether oxygens (including phenoxy) is 8. The number of rotatable bonds is 11. The molecule has 0 spiro atoms. The van der Waals surface area contributed by atoms with E-state index in [-0.39, 0.29) is 11.4 Å². The first kappa shape index (κ1) is 34.5. The van der Waals surface area contributed by atoms with Crippen LogP contribution in [0.1, 0.15) is 27.7 Å². The first-order valence-corrected chi connectivity index (χ1v) is 13.2.